The molecule has 2 saturated heterocycles. The van der Waals surface area contributed by atoms with Crippen LogP contribution in [0.4, 0.5) is 20.6 Å². The fraction of sp³-hybridized carbons (Fsp3) is 0.273. The van der Waals surface area contributed by atoms with E-state index >= 15 is 0 Å². The Morgan fingerprint density at radius 1 is 1.10 bits per heavy atom. The smallest absolute Gasteiger partial charge is 0.325 e. The first kappa shape index (κ1) is 20.5. The molecule has 2 aliphatic heterocycles. The molecular formula is C22H21FN4O4. The Morgan fingerprint density at radius 2 is 1.77 bits per heavy atom. The van der Waals surface area contributed by atoms with Gasteiger partial charge in [-0.15, -0.1) is 0 Å². The Kier molecular flexibility index (Phi) is 5.18. The molecule has 8 nitrogen and oxygen atoms in total. The van der Waals surface area contributed by atoms with Gasteiger partial charge in [0.25, 0.3) is 5.91 Å². The van der Waals surface area contributed by atoms with Crippen LogP contribution in [0.25, 0.3) is 0 Å². The van der Waals surface area contributed by atoms with E-state index in [9.17, 15) is 23.6 Å². The standard InChI is InChI=1S/C22H21FN4O4/c1-22(14-4-6-15(23)7-5-14)20(30)27(21(31)25-22)13-18(28)24-16-8-10-17(11-9-16)26-12-2-3-19(26)29/h4-11H,2-3,12-13H2,1H3,(H,24,28)(H,25,31)/t22-/m1/s1. The second-order valence-electron chi connectivity index (χ2n) is 7.70. The number of hydrogen-bond acceptors (Lipinski definition) is 4. The molecule has 2 aromatic carbocycles. The number of carbonyl (C=O) groups is 4. The summed E-state index contributed by atoms with van der Waals surface area (Å²) in [6.45, 7) is 1.72. The average Bonchev–Trinajstić information content (AvgIpc) is 3.26. The second-order valence-corrected chi connectivity index (χ2v) is 7.70. The molecule has 31 heavy (non-hydrogen) atoms. The van der Waals surface area contributed by atoms with Gasteiger partial charge in [-0.2, -0.15) is 0 Å². The quantitative estimate of drug-likeness (QED) is 0.720. The summed E-state index contributed by atoms with van der Waals surface area (Å²) >= 11 is 0. The number of imide groups is 1. The predicted octanol–water partition coefficient (Wildman–Crippen LogP) is 2.36. The molecular weight excluding hydrogens is 403 g/mol. The van der Waals surface area contributed by atoms with Crippen LogP contribution in [0.1, 0.15) is 25.3 Å². The predicted molar refractivity (Wildman–Crippen MR) is 111 cm³/mol. The van der Waals surface area contributed by atoms with Crippen LogP contribution in [0.2, 0.25) is 0 Å². The van der Waals surface area contributed by atoms with E-state index in [1.807, 2.05) is 0 Å². The molecule has 2 aliphatic rings. The SMILES string of the molecule is C[C@]1(c2ccc(F)cc2)NC(=O)N(CC(=O)Nc2ccc(N3CCCC3=O)cc2)C1=O. The molecule has 0 aromatic heterocycles. The lowest BCUT2D eigenvalue weighted by Gasteiger charge is -2.22. The highest BCUT2D eigenvalue weighted by Gasteiger charge is 2.49. The Labute approximate surface area is 178 Å². The van der Waals surface area contributed by atoms with Crippen molar-refractivity contribution in [3.63, 3.8) is 0 Å². The molecule has 1 atom stereocenters. The summed E-state index contributed by atoms with van der Waals surface area (Å²) in [4.78, 5) is 52.0. The molecule has 4 rings (SSSR count). The van der Waals surface area contributed by atoms with Gasteiger partial charge >= 0.3 is 6.03 Å². The molecule has 2 N–H and O–H groups in total. The first-order valence-corrected chi connectivity index (χ1v) is 9.88. The largest absolute Gasteiger partial charge is 0.325 e. The number of anilines is 2. The molecule has 2 fully saturated rings. The Balaban J connectivity index is 1.41. The van der Waals surface area contributed by atoms with Gasteiger partial charge in [-0.3, -0.25) is 19.3 Å². The molecule has 2 heterocycles. The second kappa shape index (κ2) is 7.82. The number of halogens is 1. The lowest BCUT2D eigenvalue weighted by atomic mass is 9.92. The monoisotopic (exact) mass is 424 g/mol. The molecule has 0 radical (unpaired) electrons. The van der Waals surface area contributed by atoms with E-state index in [-0.39, 0.29) is 5.91 Å². The minimum absolute atomic E-state index is 0.0690. The summed E-state index contributed by atoms with van der Waals surface area (Å²) in [6.07, 6.45) is 1.35. The maximum atomic E-state index is 13.2. The van der Waals surface area contributed by atoms with Crippen molar-refractivity contribution < 1.29 is 23.6 Å². The zero-order valence-corrected chi connectivity index (χ0v) is 16.9. The fourth-order valence-electron chi connectivity index (χ4n) is 3.81. The van der Waals surface area contributed by atoms with Crippen molar-refractivity contribution in [2.75, 3.05) is 23.3 Å². The fourth-order valence-corrected chi connectivity index (χ4v) is 3.81. The van der Waals surface area contributed by atoms with Crippen molar-refractivity contribution in [3.8, 4) is 0 Å². The molecule has 160 valence electrons. The highest BCUT2D eigenvalue weighted by molar-refractivity contribution is 6.10. The third-order valence-electron chi connectivity index (χ3n) is 5.53. The highest BCUT2D eigenvalue weighted by atomic mass is 19.1. The number of rotatable bonds is 5. The van der Waals surface area contributed by atoms with Gasteiger partial charge in [0.05, 0.1) is 0 Å². The van der Waals surface area contributed by atoms with Gasteiger partial charge in [0.2, 0.25) is 11.8 Å². The van der Waals surface area contributed by atoms with Crippen LogP contribution in [0, 0.1) is 5.82 Å². The lowest BCUT2D eigenvalue weighted by Crippen LogP contribution is -2.42. The van der Waals surface area contributed by atoms with E-state index in [4.69, 9.17) is 0 Å². The van der Waals surface area contributed by atoms with Gasteiger partial charge < -0.3 is 15.5 Å². The van der Waals surface area contributed by atoms with E-state index < -0.39 is 35.7 Å². The number of nitrogens with one attached hydrogen (secondary N) is 2. The number of benzene rings is 2. The lowest BCUT2D eigenvalue weighted by molar-refractivity contribution is -0.133. The molecule has 0 unspecified atom stereocenters. The van der Waals surface area contributed by atoms with Crippen molar-refractivity contribution in [3.05, 3.63) is 59.9 Å². The third-order valence-corrected chi connectivity index (χ3v) is 5.53. The molecule has 0 aliphatic carbocycles. The number of urea groups is 1. The van der Waals surface area contributed by atoms with E-state index in [2.05, 4.69) is 10.6 Å². The van der Waals surface area contributed by atoms with Crippen LogP contribution < -0.4 is 15.5 Å². The van der Waals surface area contributed by atoms with Gasteiger partial charge in [-0.1, -0.05) is 12.1 Å². The molecule has 9 heteroatoms. The van der Waals surface area contributed by atoms with Gasteiger partial charge in [-0.05, 0) is 55.3 Å². The summed E-state index contributed by atoms with van der Waals surface area (Å²) in [7, 11) is 0. The van der Waals surface area contributed by atoms with Crippen LogP contribution >= 0.6 is 0 Å². The van der Waals surface area contributed by atoms with Crippen molar-refractivity contribution in [2.24, 2.45) is 0 Å². The van der Waals surface area contributed by atoms with Crippen LogP contribution in [0.15, 0.2) is 48.5 Å². The van der Waals surface area contributed by atoms with Crippen LogP contribution in [0.3, 0.4) is 0 Å². The molecule has 2 aromatic rings. The first-order chi connectivity index (χ1) is 14.8. The van der Waals surface area contributed by atoms with Gasteiger partial charge in [0.15, 0.2) is 0 Å². The van der Waals surface area contributed by atoms with E-state index in [0.29, 0.717) is 24.2 Å². The summed E-state index contributed by atoms with van der Waals surface area (Å²) in [5, 5.41) is 5.22. The molecule has 0 bridgehead atoms. The summed E-state index contributed by atoms with van der Waals surface area (Å²) < 4.78 is 13.2. The normalized spacial score (nSPS) is 20.9. The van der Waals surface area contributed by atoms with Crippen LogP contribution in [0.5, 0.6) is 0 Å². The number of carbonyl (C=O) groups excluding carboxylic acids is 4. The highest BCUT2D eigenvalue weighted by Crippen LogP contribution is 2.29. The van der Waals surface area contributed by atoms with Crippen molar-refractivity contribution >= 4 is 35.1 Å². The number of amides is 5. The molecule has 0 saturated carbocycles. The molecule has 0 spiro atoms. The zero-order chi connectivity index (χ0) is 22.2. The zero-order valence-electron chi connectivity index (χ0n) is 16.9. The van der Waals surface area contributed by atoms with Crippen LogP contribution in [-0.4, -0.2) is 41.7 Å². The van der Waals surface area contributed by atoms with Crippen LogP contribution in [-0.2, 0) is 19.9 Å². The Hall–Kier alpha value is -3.75. The Bertz CT molecular complexity index is 1050. The minimum Gasteiger partial charge on any atom is -0.325 e. The summed E-state index contributed by atoms with van der Waals surface area (Å²) in [5.41, 5.74) is 0.273. The average molecular weight is 424 g/mol. The van der Waals surface area contributed by atoms with Gasteiger partial charge in [0.1, 0.15) is 17.9 Å². The Morgan fingerprint density at radius 3 is 2.39 bits per heavy atom. The minimum atomic E-state index is -1.38. The third kappa shape index (κ3) is 3.86. The van der Waals surface area contributed by atoms with E-state index in [1.54, 1.807) is 29.2 Å². The topological polar surface area (TPSA) is 98.8 Å². The first-order valence-electron chi connectivity index (χ1n) is 9.88. The van der Waals surface area contributed by atoms with Gasteiger partial charge in [0, 0.05) is 24.3 Å². The molecule has 5 amide bonds. The van der Waals surface area contributed by atoms with E-state index in [1.165, 1.54) is 31.2 Å². The number of hydrogen-bond donors (Lipinski definition) is 2. The maximum absolute atomic E-state index is 13.2. The van der Waals surface area contributed by atoms with Gasteiger partial charge in [-0.25, -0.2) is 9.18 Å². The van der Waals surface area contributed by atoms with E-state index in [0.717, 1.165) is 17.0 Å². The maximum Gasteiger partial charge on any atom is 0.325 e. The van der Waals surface area contributed by atoms with Crippen molar-refractivity contribution in [1.82, 2.24) is 10.2 Å². The summed E-state index contributed by atoms with van der Waals surface area (Å²) in [5.74, 6) is -1.53. The van der Waals surface area contributed by atoms with Crippen molar-refractivity contribution in [1.29, 1.82) is 0 Å². The number of nitrogens with zero attached hydrogens (tertiary/aromatic N) is 2. The summed E-state index contributed by atoms with van der Waals surface area (Å²) in [6, 6.07) is 11.3. The van der Waals surface area contributed by atoms with Crippen molar-refractivity contribution in [2.45, 2.75) is 25.3 Å².